The van der Waals surface area contributed by atoms with E-state index in [1.165, 1.54) is 4.57 Å². The van der Waals surface area contributed by atoms with Gasteiger partial charge in [0.05, 0.1) is 22.3 Å². The van der Waals surface area contributed by atoms with Crippen molar-refractivity contribution in [1.82, 2.24) is 9.55 Å². The molecule has 0 atom stereocenters. The van der Waals surface area contributed by atoms with Crippen LogP contribution in [-0.4, -0.2) is 15.5 Å². The first-order chi connectivity index (χ1) is 14.6. The van der Waals surface area contributed by atoms with Crippen LogP contribution in [0.4, 0.5) is 5.69 Å². The van der Waals surface area contributed by atoms with Gasteiger partial charge in [-0.05, 0) is 30.3 Å². The average molecular weight is 395 g/mol. The Morgan fingerprint density at radius 1 is 0.967 bits per heavy atom. The van der Waals surface area contributed by atoms with Gasteiger partial charge < -0.3 is 9.73 Å². The van der Waals surface area contributed by atoms with Gasteiger partial charge in [0, 0.05) is 23.7 Å². The zero-order chi connectivity index (χ0) is 20.7. The fourth-order valence-corrected chi connectivity index (χ4v) is 3.52. The molecule has 0 saturated heterocycles. The first kappa shape index (κ1) is 17.9. The zero-order valence-corrected chi connectivity index (χ0v) is 16.1. The van der Waals surface area contributed by atoms with Crippen LogP contribution in [-0.2, 0) is 7.05 Å². The third-order valence-electron chi connectivity index (χ3n) is 5.08. The van der Waals surface area contributed by atoms with Crippen molar-refractivity contribution in [2.24, 2.45) is 7.05 Å². The van der Waals surface area contributed by atoms with Crippen LogP contribution in [0.1, 0.15) is 10.4 Å². The number of oxazole rings is 1. The van der Waals surface area contributed by atoms with Crippen LogP contribution in [0.15, 0.2) is 88.1 Å². The lowest BCUT2D eigenvalue weighted by Gasteiger charge is -2.11. The predicted molar refractivity (Wildman–Crippen MR) is 117 cm³/mol. The molecule has 2 aromatic heterocycles. The molecule has 0 aliphatic carbocycles. The summed E-state index contributed by atoms with van der Waals surface area (Å²) in [6.45, 7) is 0. The number of carbonyl (C=O) groups is 1. The van der Waals surface area contributed by atoms with E-state index in [4.69, 9.17) is 9.40 Å². The van der Waals surface area contributed by atoms with Crippen molar-refractivity contribution in [2.45, 2.75) is 0 Å². The molecule has 0 unspecified atom stereocenters. The Bertz CT molecular complexity index is 1470. The molecule has 1 amide bonds. The largest absolute Gasteiger partial charge is 0.419 e. The highest BCUT2D eigenvalue weighted by Crippen LogP contribution is 2.26. The molecule has 0 saturated carbocycles. The van der Waals surface area contributed by atoms with E-state index in [1.54, 1.807) is 31.3 Å². The number of pyridine rings is 1. The van der Waals surface area contributed by atoms with E-state index >= 15 is 0 Å². The van der Waals surface area contributed by atoms with Crippen LogP contribution < -0.4 is 11.1 Å². The third-order valence-corrected chi connectivity index (χ3v) is 5.08. The third kappa shape index (κ3) is 3.04. The lowest BCUT2D eigenvalue weighted by atomic mass is 10.0. The summed E-state index contributed by atoms with van der Waals surface area (Å²) in [5, 5.41) is 3.70. The van der Waals surface area contributed by atoms with Gasteiger partial charge in [-0.25, -0.2) is 9.78 Å². The van der Waals surface area contributed by atoms with Crippen molar-refractivity contribution in [2.75, 3.05) is 5.32 Å². The van der Waals surface area contributed by atoms with Crippen molar-refractivity contribution in [3.8, 4) is 11.3 Å². The molecule has 5 aromatic rings. The van der Waals surface area contributed by atoms with Gasteiger partial charge in [0.15, 0.2) is 5.58 Å². The number of hydrogen-bond acceptors (Lipinski definition) is 4. The Balaban J connectivity index is 1.59. The molecular formula is C24H17N3O3. The minimum absolute atomic E-state index is 0.251. The van der Waals surface area contributed by atoms with Crippen LogP contribution in [0, 0.1) is 0 Å². The second-order valence-corrected chi connectivity index (χ2v) is 7.00. The molecule has 6 heteroatoms. The summed E-state index contributed by atoms with van der Waals surface area (Å²) < 4.78 is 6.56. The summed E-state index contributed by atoms with van der Waals surface area (Å²) in [5.41, 5.74) is 4.60. The van der Waals surface area contributed by atoms with Gasteiger partial charge in [0.1, 0.15) is 0 Å². The molecule has 2 heterocycles. The Kier molecular flexibility index (Phi) is 4.17. The summed E-state index contributed by atoms with van der Waals surface area (Å²) in [6.07, 6.45) is 0. The summed E-state index contributed by atoms with van der Waals surface area (Å²) in [7, 11) is 1.63. The van der Waals surface area contributed by atoms with Crippen molar-refractivity contribution in [3.63, 3.8) is 0 Å². The second-order valence-electron chi connectivity index (χ2n) is 7.00. The number of aryl methyl sites for hydroxylation is 1. The normalized spacial score (nSPS) is 11.1. The van der Waals surface area contributed by atoms with Gasteiger partial charge >= 0.3 is 5.76 Å². The number of nitrogens with zero attached hydrogens (tertiary/aromatic N) is 2. The van der Waals surface area contributed by atoms with Crippen molar-refractivity contribution >= 4 is 33.6 Å². The van der Waals surface area contributed by atoms with Gasteiger partial charge in [-0.3, -0.25) is 9.36 Å². The monoisotopic (exact) mass is 395 g/mol. The zero-order valence-electron chi connectivity index (χ0n) is 16.1. The Hall–Kier alpha value is -4.19. The molecule has 1 N–H and O–H groups in total. The number of rotatable bonds is 3. The molecule has 30 heavy (non-hydrogen) atoms. The van der Waals surface area contributed by atoms with Crippen LogP contribution in [0.5, 0.6) is 0 Å². The lowest BCUT2D eigenvalue weighted by molar-refractivity contribution is 0.102. The quantitative estimate of drug-likeness (QED) is 0.484. The number of hydrogen-bond donors (Lipinski definition) is 1. The van der Waals surface area contributed by atoms with Crippen LogP contribution in [0.2, 0.25) is 0 Å². The van der Waals surface area contributed by atoms with Crippen LogP contribution >= 0.6 is 0 Å². The molecule has 0 aliphatic heterocycles. The minimum atomic E-state index is -0.443. The molecule has 146 valence electrons. The van der Waals surface area contributed by atoms with E-state index < -0.39 is 5.76 Å². The van der Waals surface area contributed by atoms with Gasteiger partial charge in [0.2, 0.25) is 0 Å². The molecule has 0 radical (unpaired) electrons. The molecule has 0 aliphatic rings. The smallest absolute Gasteiger partial charge is 0.408 e. The molecular weight excluding hydrogens is 378 g/mol. The summed E-state index contributed by atoms with van der Waals surface area (Å²) >= 11 is 0. The molecule has 3 aromatic carbocycles. The minimum Gasteiger partial charge on any atom is -0.408 e. The van der Waals surface area contributed by atoms with Crippen LogP contribution in [0.3, 0.4) is 0 Å². The van der Waals surface area contributed by atoms with E-state index in [2.05, 4.69) is 5.32 Å². The first-order valence-electron chi connectivity index (χ1n) is 9.46. The van der Waals surface area contributed by atoms with Gasteiger partial charge in [-0.2, -0.15) is 0 Å². The maximum atomic E-state index is 13.2. The first-order valence-corrected chi connectivity index (χ1v) is 9.46. The fourth-order valence-electron chi connectivity index (χ4n) is 3.52. The Labute approximate surface area is 171 Å². The number of anilines is 1. The Morgan fingerprint density at radius 2 is 1.73 bits per heavy atom. The van der Waals surface area contributed by atoms with Crippen molar-refractivity contribution in [1.29, 1.82) is 0 Å². The van der Waals surface area contributed by atoms with E-state index in [1.807, 2.05) is 54.6 Å². The van der Waals surface area contributed by atoms with Crippen molar-refractivity contribution in [3.05, 3.63) is 95.0 Å². The fraction of sp³-hybridized carbons (Fsp3) is 0.0417. The second kappa shape index (κ2) is 7.00. The summed E-state index contributed by atoms with van der Waals surface area (Å²) in [4.78, 5) is 29.6. The van der Waals surface area contributed by atoms with Gasteiger partial charge in [0.25, 0.3) is 5.91 Å². The number of amides is 1. The lowest BCUT2D eigenvalue weighted by Crippen LogP contribution is -2.13. The van der Waals surface area contributed by atoms with E-state index in [0.29, 0.717) is 22.4 Å². The standard InChI is InChI=1S/C24H17N3O3/c1-27-21-13-16(11-12-22(21)30-24(27)29)25-23(28)18-14-20(15-7-3-2-4-8-15)26-19-10-6-5-9-17(18)19/h2-14H,1H3,(H,25,28). The topological polar surface area (TPSA) is 77.1 Å². The van der Waals surface area contributed by atoms with Gasteiger partial charge in [-0.15, -0.1) is 0 Å². The SMILES string of the molecule is Cn1c(=O)oc2ccc(NC(=O)c3cc(-c4ccccc4)nc4ccccc34)cc21. The summed E-state index contributed by atoms with van der Waals surface area (Å²) in [6, 6.07) is 24.2. The molecule has 0 spiro atoms. The number of fused-ring (bicyclic) bond motifs is 2. The molecule has 0 bridgehead atoms. The maximum absolute atomic E-state index is 13.2. The highest BCUT2D eigenvalue weighted by molar-refractivity contribution is 6.13. The molecule has 6 nitrogen and oxygen atoms in total. The number of benzene rings is 3. The van der Waals surface area contributed by atoms with E-state index in [9.17, 15) is 9.59 Å². The highest BCUT2D eigenvalue weighted by atomic mass is 16.4. The number of carbonyl (C=O) groups excluding carboxylic acids is 1. The molecule has 0 fully saturated rings. The molecule has 5 rings (SSSR count). The number of nitrogens with one attached hydrogen (secondary N) is 1. The maximum Gasteiger partial charge on any atom is 0.419 e. The Morgan fingerprint density at radius 3 is 2.57 bits per heavy atom. The number of aromatic nitrogens is 2. The summed E-state index contributed by atoms with van der Waals surface area (Å²) in [5.74, 6) is -0.695. The number of para-hydroxylation sites is 1. The van der Waals surface area contributed by atoms with Gasteiger partial charge in [-0.1, -0.05) is 48.5 Å². The van der Waals surface area contributed by atoms with E-state index in [0.717, 1.165) is 22.2 Å². The van der Waals surface area contributed by atoms with E-state index in [-0.39, 0.29) is 5.91 Å². The average Bonchev–Trinajstić information content (AvgIpc) is 3.07. The van der Waals surface area contributed by atoms with Crippen molar-refractivity contribution < 1.29 is 9.21 Å². The van der Waals surface area contributed by atoms with Crippen LogP contribution in [0.25, 0.3) is 33.3 Å². The highest BCUT2D eigenvalue weighted by Gasteiger charge is 2.15. The predicted octanol–water partition coefficient (Wildman–Crippen LogP) is 4.60.